The molecule has 50 heavy (non-hydrogen) atoms. The van der Waals surface area contributed by atoms with Gasteiger partial charge in [-0.15, -0.1) is 0 Å². The van der Waals surface area contributed by atoms with Gasteiger partial charge in [0.2, 0.25) is 5.95 Å². The minimum Gasteiger partial charge on any atom is -0.490 e. The average molecular weight is 695 g/mol. The first-order chi connectivity index (χ1) is 24.0. The number of carboxylic acid groups (broad SMARTS) is 1. The molecule has 1 aromatic carbocycles. The van der Waals surface area contributed by atoms with E-state index in [0.717, 1.165) is 101 Å². The van der Waals surface area contributed by atoms with E-state index in [1.165, 1.54) is 0 Å². The number of carbonyl (C=O) groups is 2. The van der Waals surface area contributed by atoms with Gasteiger partial charge in [-0.05, 0) is 118 Å². The predicted octanol–water partition coefficient (Wildman–Crippen LogP) is 7.20. The van der Waals surface area contributed by atoms with Crippen molar-refractivity contribution in [3.8, 4) is 5.75 Å². The van der Waals surface area contributed by atoms with Crippen LogP contribution >= 0.6 is 0 Å². The van der Waals surface area contributed by atoms with Crippen LogP contribution in [-0.2, 0) is 21.1 Å². The lowest BCUT2D eigenvalue weighted by atomic mass is 9.48. The molecular formula is C38H45F3N4O5. The third kappa shape index (κ3) is 5.12. The highest BCUT2D eigenvalue weighted by Crippen LogP contribution is 2.59. The molecule has 8 aliphatic rings. The summed E-state index contributed by atoms with van der Waals surface area (Å²) in [6.45, 7) is 2.12. The summed E-state index contributed by atoms with van der Waals surface area (Å²) in [6.07, 6.45) is 8.93. The lowest BCUT2D eigenvalue weighted by Gasteiger charge is -2.59. The summed E-state index contributed by atoms with van der Waals surface area (Å²) in [5, 5.41) is 13.1. The summed E-state index contributed by atoms with van der Waals surface area (Å²) in [4.78, 5) is 36.8. The van der Waals surface area contributed by atoms with Gasteiger partial charge in [0.25, 0.3) is 5.91 Å². The lowest BCUT2D eigenvalue weighted by Crippen LogP contribution is -2.70. The Hall–Kier alpha value is -3.41. The number of ether oxygens (including phenoxy) is 2. The number of benzene rings is 1. The molecule has 2 N–H and O–H groups in total. The number of alkyl halides is 3. The van der Waals surface area contributed by atoms with Crippen LogP contribution in [0.5, 0.6) is 5.75 Å². The fraction of sp³-hybridized carbons (Fsp3) is 0.684. The van der Waals surface area contributed by atoms with Gasteiger partial charge in [0.1, 0.15) is 11.3 Å². The Labute approximate surface area is 289 Å². The minimum absolute atomic E-state index is 0.117. The third-order valence-corrected chi connectivity index (χ3v) is 13.8. The first-order valence-corrected chi connectivity index (χ1v) is 18.6. The van der Waals surface area contributed by atoms with Gasteiger partial charge in [0.05, 0.1) is 24.9 Å². The van der Waals surface area contributed by atoms with E-state index in [1.54, 1.807) is 4.90 Å². The van der Waals surface area contributed by atoms with Gasteiger partial charge in [-0.3, -0.25) is 4.79 Å². The lowest BCUT2D eigenvalue weighted by molar-refractivity contribution is -0.163. The molecule has 0 unspecified atom stereocenters. The molecule has 3 heterocycles. The van der Waals surface area contributed by atoms with Crippen LogP contribution in [-0.4, -0.2) is 58.4 Å². The number of rotatable bonds is 6. The number of carbonyl (C=O) groups excluding carboxylic acids is 1. The van der Waals surface area contributed by atoms with E-state index in [2.05, 4.69) is 21.4 Å². The summed E-state index contributed by atoms with van der Waals surface area (Å²) >= 11 is 0. The molecule has 0 radical (unpaired) electrons. The van der Waals surface area contributed by atoms with Crippen LogP contribution in [0.25, 0.3) is 0 Å². The monoisotopic (exact) mass is 694 g/mol. The van der Waals surface area contributed by atoms with Crippen molar-refractivity contribution in [2.24, 2.45) is 29.1 Å². The first-order valence-electron chi connectivity index (χ1n) is 18.6. The Morgan fingerprint density at radius 1 is 0.960 bits per heavy atom. The van der Waals surface area contributed by atoms with Crippen molar-refractivity contribution in [2.45, 2.75) is 113 Å². The first kappa shape index (κ1) is 32.5. The highest BCUT2D eigenvalue weighted by molar-refractivity contribution is 5.99. The molecule has 1 amide bonds. The highest BCUT2D eigenvalue weighted by atomic mass is 19.4. The molecule has 1 aromatic heterocycles. The smallest absolute Gasteiger partial charge is 0.434 e. The Morgan fingerprint density at radius 3 is 2.24 bits per heavy atom. The molecule has 12 heteroatoms. The number of nitrogens with one attached hydrogen (secondary N) is 1. The van der Waals surface area contributed by atoms with Gasteiger partial charge >= 0.3 is 12.1 Å². The zero-order valence-electron chi connectivity index (χ0n) is 28.3. The van der Waals surface area contributed by atoms with E-state index < -0.39 is 34.8 Å². The van der Waals surface area contributed by atoms with Gasteiger partial charge in [0.15, 0.2) is 5.69 Å². The highest BCUT2D eigenvalue weighted by Gasteiger charge is 2.62. The molecule has 10 rings (SSSR count). The molecule has 6 saturated carbocycles. The van der Waals surface area contributed by atoms with Crippen molar-refractivity contribution in [1.29, 1.82) is 0 Å². The third-order valence-electron chi connectivity index (χ3n) is 13.8. The Kier molecular flexibility index (Phi) is 7.51. The van der Waals surface area contributed by atoms with Crippen molar-refractivity contribution in [3.05, 3.63) is 41.2 Å². The average Bonchev–Trinajstić information content (AvgIpc) is 3.37. The standard InChI is InChI=1S/C38H45F3N4O5/c39-38(40,41)31-28(32(46)44-37(33(47)48)24-13-22-12-23(15-24)16-25(37)14-22)18-42-34(43-31)45-19-36(8-2-1-3-9-36)29-17-27(4-5-30(29)45)50-26-6-10-35(11-7-26)20-49-21-35/h4-5,17-18,22-26H,1-3,6-16,19-21H2,(H,44,46)(H,47,48). The van der Waals surface area contributed by atoms with Crippen LogP contribution in [0, 0.1) is 29.1 Å². The van der Waals surface area contributed by atoms with Crippen LogP contribution in [0.1, 0.15) is 112 Å². The number of carboxylic acids is 1. The summed E-state index contributed by atoms with van der Waals surface area (Å²) in [6, 6.07) is 5.89. The summed E-state index contributed by atoms with van der Waals surface area (Å²) in [5.41, 5.74) is -1.80. The van der Waals surface area contributed by atoms with Gasteiger partial charge in [-0.25, -0.2) is 14.8 Å². The van der Waals surface area contributed by atoms with E-state index in [1.807, 2.05) is 12.1 Å². The molecule has 0 atom stereocenters. The second-order valence-electron chi connectivity index (χ2n) is 16.8. The largest absolute Gasteiger partial charge is 0.490 e. The van der Waals surface area contributed by atoms with Crippen molar-refractivity contribution in [1.82, 2.24) is 15.3 Å². The van der Waals surface area contributed by atoms with Gasteiger partial charge in [0, 0.05) is 29.3 Å². The van der Waals surface area contributed by atoms with Crippen molar-refractivity contribution < 1.29 is 37.3 Å². The molecule has 1 saturated heterocycles. The number of hydrogen-bond acceptors (Lipinski definition) is 7. The van der Waals surface area contributed by atoms with E-state index >= 15 is 0 Å². The Balaban J connectivity index is 1.01. The number of hydrogen-bond donors (Lipinski definition) is 2. The minimum atomic E-state index is -4.96. The van der Waals surface area contributed by atoms with Crippen LogP contribution in [0.15, 0.2) is 24.4 Å². The molecule has 2 aromatic rings. The molecule has 4 bridgehead atoms. The molecule has 7 fully saturated rings. The molecule has 2 spiro atoms. The Bertz CT molecular complexity index is 1670. The van der Waals surface area contributed by atoms with Crippen molar-refractivity contribution >= 4 is 23.5 Å². The fourth-order valence-corrected chi connectivity index (χ4v) is 11.4. The van der Waals surface area contributed by atoms with E-state index in [-0.39, 0.29) is 29.3 Å². The molecule has 268 valence electrons. The number of aliphatic carboxylic acids is 1. The normalized spacial score (nSPS) is 32.2. The Morgan fingerprint density at radius 2 is 1.64 bits per heavy atom. The van der Waals surface area contributed by atoms with Crippen LogP contribution < -0.4 is 15.0 Å². The van der Waals surface area contributed by atoms with E-state index in [0.29, 0.717) is 49.5 Å². The fourth-order valence-electron chi connectivity index (χ4n) is 11.4. The van der Waals surface area contributed by atoms with Gasteiger partial charge < -0.3 is 24.8 Å². The number of aromatic nitrogens is 2. The maximum Gasteiger partial charge on any atom is 0.434 e. The number of fused-ring (bicyclic) bond motifs is 2. The topological polar surface area (TPSA) is 114 Å². The van der Waals surface area contributed by atoms with Crippen molar-refractivity contribution in [2.75, 3.05) is 24.7 Å². The summed E-state index contributed by atoms with van der Waals surface area (Å²) in [7, 11) is 0. The van der Waals surface area contributed by atoms with Gasteiger partial charge in [-0.1, -0.05) is 19.3 Å². The molecular weight excluding hydrogens is 649 g/mol. The van der Waals surface area contributed by atoms with Crippen LogP contribution in [0.4, 0.5) is 24.8 Å². The van der Waals surface area contributed by atoms with Gasteiger partial charge in [-0.2, -0.15) is 13.2 Å². The molecule has 6 aliphatic carbocycles. The summed E-state index contributed by atoms with van der Waals surface area (Å²) < 4.78 is 56.3. The zero-order valence-corrected chi connectivity index (χ0v) is 28.3. The molecule has 9 nitrogen and oxygen atoms in total. The second kappa shape index (κ2) is 11.5. The number of anilines is 2. The van der Waals surface area contributed by atoms with Crippen LogP contribution in [0.2, 0.25) is 0 Å². The maximum absolute atomic E-state index is 14.8. The predicted molar refractivity (Wildman–Crippen MR) is 176 cm³/mol. The zero-order chi connectivity index (χ0) is 34.5. The van der Waals surface area contributed by atoms with Crippen molar-refractivity contribution in [3.63, 3.8) is 0 Å². The van der Waals surface area contributed by atoms with E-state index in [4.69, 9.17) is 9.47 Å². The quantitative estimate of drug-likeness (QED) is 0.327. The SMILES string of the molecule is O=C(NC1(C(=O)O)C2CC3CC(C2)CC1C3)c1cnc(N2CC3(CCCCC3)c3cc(OC4CCC5(CC4)COC5)ccc32)nc1C(F)(F)F. The summed E-state index contributed by atoms with van der Waals surface area (Å²) in [5.74, 6) is -1.36. The second-order valence-corrected chi connectivity index (χ2v) is 16.8. The van der Waals surface area contributed by atoms with E-state index in [9.17, 15) is 27.9 Å². The van der Waals surface area contributed by atoms with Crippen LogP contribution in [0.3, 0.4) is 0 Å². The maximum atomic E-state index is 14.8. The molecule has 2 aliphatic heterocycles. The number of halogens is 3. The number of amides is 1. The number of nitrogens with zero attached hydrogens (tertiary/aromatic N) is 3.